The van der Waals surface area contributed by atoms with Gasteiger partial charge in [-0.25, -0.2) is 14.4 Å². The Balaban J connectivity index is 2.18. The molecule has 0 bridgehead atoms. The second-order valence-corrected chi connectivity index (χ2v) is 8.57. The predicted molar refractivity (Wildman–Crippen MR) is 102 cm³/mol. The number of piperidine rings is 1. The molecule has 3 N–H and O–H groups in total. The van der Waals surface area contributed by atoms with E-state index >= 15 is 0 Å². The molecular formula is C18H34N4O5. The van der Waals surface area contributed by atoms with Crippen molar-refractivity contribution in [1.82, 2.24) is 20.9 Å². The number of carbonyl (C=O) groups is 3. The van der Waals surface area contributed by atoms with Crippen LogP contribution in [-0.2, 0) is 9.47 Å². The minimum atomic E-state index is -0.553. The monoisotopic (exact) mass is 386 g/mol. The van der Waals surface area contributed by atoms with E-state index in [2.05, 4.69) is 16.0 Å². The first-order valence-corrected chi connectivity index (χ1v) is 9.35. The quantitative estimate of drug-likeness (QED) is 0.642. The van der Waals surface area contributed by atoms with Crippen LogP contribution in [-0.4, -0.2) is 66.5 Å². The normalized spacial score (nSPS) is 15.7. The van der Waals surface area contributed by atoms with E-state index in [9.17, 15) is 14.4 Å². The summed E-state index contributed by atoms with van der Waals surface area (Å²) >= 11 is 0. The van der Waals surface area contributed by atoms with Crippen LogP contribution in [0, 0.1) is 0 Å². The van der Waals surface area contributed by atoms with E-state index in [1.165, 1.54) is 0 Å². The molecule has 0 aromatic rings. The molecule has 0 unspecified atom stereocenters. The van der Waals surface area contributed by atoms with Crippen LogP contribution in [0.25, 0.3) is 0 Å². The summed E-state index contributed by atoms with van der Waals surface area (Å²) < 4.78 is 10.5. The first kappa shape index (κ1) is 22.9. The first-order valence-electron chi connectivity index (χ1n) is 9.35. The molecule has 1 rings (SSSR count). The molecule has 0 spiro atoms. The maximum Gasteiger partial charge on any atom is 0.410 e. The molecular weight excluding hydrogens is 352 g/mol. The van der Waals surface area contributed by atoms with Crippen molar-refractivity contribution >= 4 is 18.2 Å². The lowest BCUT2D eigenvalue weighted by atomic mass is 10.1. The molecule has 1 fully saturated rings. The number of urea groups is 1. The molecule has 9 heteroatoms. The van der Waals surface area contributed by atoms with E-state index < -0.39 is 17.3 Å². The molecule has 0 aromatic heterocycles. The summed E-state index contributed by atoms with van der Waals surface area (Å²) in [5, 5.41) is 8.14. The van der Waals surface area contributed by atoms with Gasteiger partial charge in [-0.3, -0.25) is 0 Å². The summed E-state index contributed by atoms with van der Waals surface area (Å²) in [6.07, 6.45) is 0.504. The van der Waals surface area contributed by atoms with Crippen molar-refractivity contribution in [3.63, 3.8) is 0 Å². The lowest BCUT2D eigenvalue weighted by Crippen LogP contribution is -2.50. The van der Waals surface area contributed by atoms with Gasteiger partial charge < -0.3 is 30.3 Å². The SMILES string of the molecule is CC(C)(C)OC(=O)NCCNC(=O)NC1CCN(C(=O)OC(C)(C)C)CC1. The highest BCUT2D eigenvalue weighted by atomic mass is 16.6. The van der Waals surface area contributed by atoms with Gasteiger partial charge in [0, 0.05) is 32.2 Å². The van der Waals surface area contributed by atoms with Crippen LogP contribution in [0.2, 0.25) is 0 Å². The molecule has 27 heavy (non-hydrogen) atoms. The zero-order valence-corrected chi connectivity index (χ0v) is 17.3. The fourth-order valence-electron chi connectivity index (χ4n) is 2.42. The van der Waals surface area contributed by atoms with Gasteiger partial charge in [0.25, 0.3) is 0 Å². The van der Waals surface area contributed by atoms with Crippen LogP contribution >= 0.6 is 0 Å². The third-order valence-corrected chi connectivity index (χ3v) is 3.56. The lowest BCUT2D eigenvalue weighted by molar-refractivity contribution is 0.0201. The van der Waals surface area contributed by atoms with E-state index in [-0.39, 0.29) is 24.7 Å². The molecule has 0 aromatic carbocycles. The highest BCUT2D eigenvalue weighted by Crippen LogP contribution is 2.15. The molecule has 0 saturated carbocycles. The maximum atomic E-state index is 12.0. The van der Waals surface area contributed by atoms with E-state index in [4.69, 9.17) is 9.47 Å². The number of likely N-dealkylation sites (tertiary alicyclic amines) is 1. The van der Waals surface area contributed by atoms with Crippen LogP contribution in [0.3, 0.4) is 0 Å². The van der Waals surface area contributed by atoms with Gasteiger partial charge in [0.15, 0.2) is 0 Å². The Morgan fingerprint density at radius 3 is 1.93 bits per heavy atom. The average Bonchev–Trinajstić information content (AvgIpc) is 2.49. The Morgan fingerprint density at radius 2 is 1.41 bits per heavy atom. The van der Waals surface area contributed by atoms with E-state index in [0.29, 0.717) is 32.5 Å². The van der Waals surface area contributed by atoms with Crippen molar-refractivity contribution in [3.05, 3.63) is 0 Å². The van der Waals surface area contributed by atoms with Gasteiger partial charge in [-0.15, -0.1) is 0 Å². The van der Waals surface area contributed by atoms with Gasteiger partial charge in [0.05, 0.1) is 0 Å². The number of nitrogens with one attached hydrogen (secondary N) is 3. The van der Waals surface area contributed by atoms with Crippen molar-refractivity contribution in [2.45, 2.75) is 71.6 Å². The van der Waals surface area contributed by atoms with Gasteiger partial charge in [-0.1, -0.05) is 0 Å². The van der Waals surface area contributed by atoms with Crippen molar-refractivity contribution in [2.75, 3.05) is 26.2 Å². The van der Waals surface area contributed by atoms with Gasteiger partial charge in [0.1, 0.15) is 11.2 Å². The van der Waals surface area contributed by atoms with Crippen LogP contribution < -0.4 is 16.0 Å². The van der Waals surface area contributed by atoms with E-state index in [1.54, 1.807) is 25.7 Å². The topological polar surface area (TPSA) is 109 Å². The Kier molecular flexibility index (Phi) is 8.18. The summed E-state index contributed by atoms with van der Waals surface area (Å²) in [6, 6.07) is -0.292. The molecule has 1 aliphatic rings. The van der Waals surface area contributed by atoms with E-state index in [0.717, 1.165) is 0 Å². The second kappa shape index (κ2) is 9.66. The van der Waals surface area contributed by atoms with Gasteiger partial charge >= 0.3 is 18.2 Å². The van der Waals surface area contributed by atoms with Crippen molar-refractivity contribution in [1.29, 1.82) is 0 Å². The molecule has 0 radical (unpaired) electrons. The minimum absolute atomic E-state index is 0.00232. The molecule has 9 nitrogen and oxygen atoms in total. The number of ether oxygens (including phenoxy) is 2. The summed E-state index contributed by atoms with van der Waals surface area (Å²) in [7, 11) is 0. The zero-order valence-electron chi connectivity index (χ0n) is 17.3. The maximum absolute atomic E-state index is 12.0. The number of alkyl carbamates (subject to hydrolysis) is 1. The minimum Gasteiger partial charge on any atom is -0.444 e. The van der Waals surface area contributed by atoms with Gasteiger partial charge in [-0.2, -0.15) is 0 Å². The average molecular weight is 386 g/mol. The Bertz CT molecular complexity index is 517. The number of carbonyl (C=O) groups excluding carboxylic acids is 3. The summed E-state index contributed by atoms with van der Waals surface area (Å²) in [5.41, 5.74) is -1.07. The number of hydrogen-bond donors (Lipinski definition) is 3. The third kappa shape index (κ3) is 10.5. The van der Waals surface area contributed by atoms with E-state index in [1.807, 2.05) is 20.8 Å². The molecule has 156 valence electrons. The van der Waals surface area contributed by atoms with Crippen molar-refractivity contribution in [3.8, 4) is 0 Å². The number of rotatable bonds is 4. The molecule has 4 amide bonds. The molecule has 1 saturated heterocycles. The third-order valence-electron chi connectivity index (χ3n) is 3.56. The van der Waals surface area contributed by atoms with Crippen molar-refractivity contribution in [2.24, 2.45) is 0 Å². The molecule has 0 atom stereocenters. The van der Waals surface area contributed by atoms with Crippen LogP contribution in [0.5, 0.6) is 0 Å². The van der Waals surface area contributed by atoms with Crippen LogP contribution in [0.1, 0.15) is 54.4 Å². The number of amides is 4. The van der Waals surface area contributed by atoms with Gasteiger partial charge in [0.2, 0.25) is 0 Å². The zero-order chi connectivity index (χ0) is 20.7. The Labute approximate surface area is 161 Å². The Morgan fingerprint density at radius 1 is 0.889 bits per heavy atom. The highest BCUT2D eigenvalue weighted by molar-refractivity contribution is 5.74. The molecule has 1 heterocycles. The summed E-state index contributed by atoms with van der Waals surface area (Å²) in [5.74, 6) is 0. The number of nitrogens with zero attached hydrogens (tertiary/aromatic N) is 1. The standard InChI is InChI=1S/C18H34N4O5/c1-17(2,3)26-15(24)20-10-9-19-14(23)21-13-7-11-22(12-8-13)16(25)27-18(4,5)6/h13H,7-12H2,1-6H3,(H,20,24)(H2,19,21,23). The molecule has 0 aliphatic carbocycles. The highest BCUT2D eigenvalue weighted by Gasteiger charge is 2.27. The number of hydrogen-bond acceptors (Lipinski definition) is 5. The fraction of sp³-hybridized carbons (Fsp3) is 0.833. The smallest absolute Gasteiger partial charge is 0.410 e. The van der Waals surface area contributed by atoms with Gasteiger partial charge in [-0.05, 0) is 54.4 Å². The van der Waals surface area contributed by atoms with Crippen LogP contribution in [0.4, 0.5) is 14.4 Å². The second-order valence-electron chi connectivity index (χ2n) is 8.57. The predicted octanol–water partition coefficient (Wildman–Crippen LogP) is 2.21. The largest absolute Gasteiger partial charge is 0.444 e. The fourth-order valence-corrected chi connectivity index (χ4v) is 2.42. The lowest BCUT2D eigenvalue weighted by Gasteiger charge is -2.33. The summed E-state index contributed by atoms with van der Waals surface area (Å²) in [6.45, 7) is 12.5. The summed E-state index contributed by atoms with van der Waals surface area (Å²) in [4.78, 5) is 37.1. The Hall–Kier alpha value is -2.19. The first-order chi connectivity index (χ1) is 12.4. The van der Waals surface area contributed by atoms with Crippen molar-refractivity contribution < 1.29 is 23.9 Å². The van der Waals surface area contributed by atoms with Crippen LogP contribution in [0.15, 0.2) is 0 Å². The molecule has 1 aliphatic heterocycles.